The molecule has 0 radical (unpaired) electrons. The summed E-state index contributed by atoms with van der Waals surface area (Å²) >= 11 is 4.10. The average Bonchev–Trinajstić information content (AvgIpc) is 3.31. The molecule has 0 aliphatic carbocycles. The fourth-order valence-electron chi connectivity index (χ4n) is 3.95. The van der Waals surface area contributed by atoms with Gasteiger partial charge in [-0.25, -0.2) is 4.79 Å². The van der Waals surface area contributed by atoms with Crippen LogP contribution < -0.4 is 33.2 Å². The van der Waals surface area contributed by atoms with Crippen LogP contribution in [0.2, 0.25) is 0 Å². The number of carbonyl (C=O) groups is 5. The number of unbranched alkanes of at least 4 members (excludes halogenated alkanes) is 1. The summed E-state index contributed by atoms with van der Waals surface area (Å²) in [7, 11) is 0. The summed E-state index contributed by atoms with van der Waals surface area (Å²) in [6.45, 7) is 0.388. The second-order valence-electron chi connectivity index (χ2n) is 9.16. The van der Waals surface area contributed by atoms with Crippen LogP contribution in [0.15, 0.2) is 30.5 Å². The number of nitrogens with two attached hydrogens (primary N) is 3. The number of carboxylic acids is 1. The Kier molecular flexibility index (Phi) is 12.7. The third-order valence-electron chi connectivity index (χ3n) is 6.14. The van der Waals surface area contributed by atoms with Gasteiger partial charge in [0.1, 0.15) is 18.1 Å². The standard InChI is InChI=1S/C25H37N7O6S/c26-10-4-3-7-19(25(37)38)31-24(36)20(13-39)32-23(35)18(8-9-21(28)33)30-22(34)16(27)11-14-12-29-17-6-2-1-5-15(14)17/h1-2,5-6,12,16,18-20,29,39H,3-4,7-11,13,26-27H2,(H2,28,33)(H,30,34)(H,31,36)(H,32,35)(H,37,38). The quantitative estimate of drug-likeness (QED) is 0.0844. The lowest BCUT2D eigenvalue weighted by atomic mass is 10.0. The molecule has 2 aromatic rings. The number of aliphatic carboxylic acids is 1. The van der Waals surface area contributed by atoms with Crippen LogP contribution in [0.5, 0.6) is 0 Å². The smallest absolute Gasteiger partial charge is 0.326 e. The lowest BCUT2D eigenvalue weighted by Crippen LogP contribution is -2.57. The van der Waals surface area contributed by atoms with Crippen LogP contribution in [0.3, 0.4) is 0 Å². The summed E-state index contributed by atoms with van der Waals surface area (Å²) in [5.41, 5.74) is 18.5. The van der Waals surface area contributed by atoms with Crippen LogP contribution in [0, 0.1) is 0 Å². The van der Waals surface area contributed by atoms with Crippen LogP contribution in [-0.4, -0.2) is 76.2 Å². The Hall–Kier alpha value is -3.62. The number of amides is 4. The first kappa shape index (κ1) is 31.6. The van der Waals surface area contributed by atoms with Gasteiger partial charge in [0.25, 0.3) is 0 Å². The van der Waals surface area contributed by atoms with E-state index in [1.54, 1.807) is 6.20 Å². The van der Waals surface area contributed by atoms with Gasteiger partial charge in [-0.2, -0.15) is 12.6 Å². The van der Waals surface area contributed by atoms with Crippen molar-refractivity contribution in [1.29, 1.82) is 0 Å². The fraction of sp³-hybridized carbons (Fsp3) is 0.480. The molecule has 0 bridgehead atoms. The number of para-hydroxylation sites is 1. The molecule has 0 fully saturated rings. The van der Waals surface area contributed by atoms with Crippen molar-refractivity contribution < 1.29 is 29.1 Å². The van der Waals surface area contributed by atoms with E-state index >= 15 is 0 Å². The van der Waals surface area contributed by atoms with Crippen molar-refractivity contribution in [3.05, 3.63) is 36.0 Å². The second-order valence-corrected chi connectivity index (χ2v) is 9.53. The zero-order valence-corrected chi connectivity index (χ0v) is 22.4. The SMILES string of the molecule is NCCCCC(NC(=O)C(CS)NC(=O)C(CCC(N)=O)NC(=O)C(N)Cc1c[nH]c2ccccc12)C(=O)O. The maximum atomic E-state index is 13.0. The highest BCUT2D eigenvalue weighted by atomic mass is 32.1. The minimum atomic E-state index is -1.23. The van der Waals surface area contributed by atoms with Gasteiger partial charge >= 0.3 is 5.97 Å². The van der Waals surface area contributed by atoms with Crippen LogP contribution in [-0.2, 0) is 30.4 Å². The van der Waals surface area contributed by atoms with Gasteiger partial charge in [0.2, 0.25) is 23.6 Å². The number of thiol groups is 1. The topological polar surface area (TPSA) is 236 Å². The van der Waals surface area contributed by atoms with Crippen LogP contribution >= 0.6 is 12.6 Å². The number of rotatable bonds is 17. The largest absolute Gasteiger partial charge is 0.480 e. The van der Waals surface area contributed by atoms with Gasteiger partial charge in [0.05, 0.1) is 6.04 Å². The first-order valence-corrected chi connectivity index (χ1v) is 13.2. The van der Waals surface area contributed by atoms with Gasteiger partial charge in [-0.1, -0.05) is 18.2 Å². The number of H-pyrrole nitrogens is 1. The fourth-order valence-corrected chi connectivity index (χ4v) is 4.21. The van der Waals surface area contributed by atoms with Gasteiger partial charge in [0, 0.05) is 29.3 Å². The number of primary amides is 1. The van der Waals surface area contributed by atoms with Crippen molar-refractivity contribution in [2.75, 3.05) is 12.3 Å². The van der Waals surface area contributed by atoms with E-state index in [2.05, 4.69) is 33.6 Å². The van der Waals surface area contributed by atoms with Gasteiger partial charge in [0.15, 0.2) is 0 Å². The summed E-state index contributed by atoms with van der Waals surface area (Å²) in [5, 5.41) is 17.7. The van der Waals surface area contributed by atoms with Crippen LogP contribution in [0.25, 0.3) is 10.9 Å². The van der Waals surface area contributed by atoms with Gasteiger partial charge in [-0.15, -0.1) is 0 Å². The molecular formula is C25H37N7O6S. The number of nitrogens with one attached hydrogen (secondary N) is 4. The molecule has 39 heavy (non-hydrogen) atoms. The molecule has 1 aromatic carbocycles. The summed E-state index contributed by atoms with van der Waals surface area (Å²) in [5.74, 6) is -4.22. The molecule has 11 N–H and O–H groups in total. The Bertz CT molecular complexity index is 1160. The second kappa shape index (κ2) is 15.7. The Labute approximate surface area is 231 Å². The number of carbonyl (C=O) groups excluding carboxylic acids is 4. The van der Waals surface area contributed by atoms with Crippen molar-refractivity contribution >= 4 is 53.1 Å². The predicted molar refractivity (Wildman–Crippen MR) is 149 cm³/mol. The minimum absolute atomic E-state index is 0.134. The number of benzene rings is 1. The van der Waals surface area contributed by atoms with Crippen molar-refractivity contribution in [2.45, 2.75) is 62.7 Å². The molecular weight excluding hydrogens is 526 g/mol. The van der Waals surface area contributed by atoms with E-state index in [0.29, 0.717) is 19.4 Å². The van der Waals surface area contributed by atoms with Crippen molar-refractivity contribution in [3.8, 4) is 0 Å². The first-order valence-electron chi connectivity index (χ1n) is 12.6. The number of aromatic nitrogens is 1. The van der Waals surface area contributed by atoms with Gasteiger partial charge < -0.3 is 43.2 Å². The summed E-state index contributed by atoms with van der Waals surface area (Å²) < 4.78 is 0. The minimum Gasteiger partial charge on any atom is -0.480 e. The average molecular weight is 564 g/mol. The maximum absolute atomic E-state index is 13.0. The number of hydrogen-bond donors (Lipinski definition) is 9. The molecule has 1 heterocycles. The Morgan fingerprint density at radius 2 is 1.56 bits per heavy atom. The van der Waals surface area contributed by atoms with Crippen LogP contribution in [0.1, 0.15) is 37.7 Å². The van der Waals surface area contributed by atoms with E-state index in [9.17, 15) is 29.1 Å². The van der Waals surface area contributed by atoms with E-state index in [1.807, 2.05) is 24.3 Å². The monoisotopic (exact) mass is 563 g/mol. The molecule has 214 valence electrons. The number of carboxylic acid groups (broad SMARTS) is 1. The molecule has 0 aliphatic rings. The molecule has 4 unspecified atom stereocenters. The summed E-state index contributed by atoms with van der Waals surface area (Å²) in [6, 6.07) is 2.91. The number of fused-ring (bicyclic) bond motifs is 1. The number of hydrogen-bond acceptors (Lipinski definition) is 8. The van der Waals surface area contributed by atoms with E-state index in [-0.39, 0.29) is 31.4 Å². The molecule has 0 saturated carbocycles. The molecule has 1 aromatic heterocycles. The lowest BCUT2D eigenvalue weighted by molar-refractivity contribution is -0.142. The summed E-state index contributed by atoms with van der Waals surface area (Å²) in [6.07, 6.45) is 2.84. The third-order valence-corrected chi connectivity index (χ3v) is 6.51. The molecule has 4 atom stereocenters. The van der Waals surface area contributed by atoms with Crippen LogP contribution in [0.4, 0.5) is 0 Å². The lowest BCUT2D eigenvalue weighted by Gasteiger charge is -2.24. The molecule has 2 rings (SSSR count). The van der Waals surface area contributed by atoms with E-state index < -0.39 is 53.8 Å². The first-order chi connectivity index (χ1) is 18.6. The van der Waals surface area contributed by atoms with Crippen molar-refractivity contribution in [3.63, 3.8) is 0 Å². The van der Waals surface area contributed by atoms with E-state index in [4.69, 9.17) is 17.2 Å². The molecule has 0 spiro atoms. The molecule has 13 nitrogen and oxygen atoms in total. The van der Waals surface area contributed by atoms with E-state index in [1.165, 1.54) is 0 Å². The number of aromatic amines is 1. The van der Waals surface area contributed by atoms with Gasteiger partial charge in [-0.05, 0) is 50.3 Å². The van der Waals surface area contributed by atoms with Crippen molar-refractivity contribution in [1.82, 2.24) is 20.9 Å². The maximum Gasteiger partial charge on any atom is 0.326 e. The third kappa shape index (κ3) is 9.89. The molecule has 14 heteroatoms. The highest BCUT2D eigenvalue weighted by Crippen LogP contribution is 2.18. The molecule has 0 saturated heterocycles. The zero-order chi connectivity index (χ0) is 28.9. The highest BCUT2D eigenvalue weighted by Gasteiger charge is 2.30. The predicted octanol–water partition coefficient (Wildman–Crippen LogP) is -1.10. The Morgan fingerprint density at radius 1 is 0.923 bits per heavy atom. The molecule has 0 aliphatic heterocycles. The Morgan fingerprint density at radius 3 is 2.21 bits per heavy atom. The Balaban J connectivity index is 2.06. The molecule has 4 amide bonds. The summed E-state index contributed by atoms with van der Waals surface area (Å²) in [4.78, 5) is 64.7. The van der Waals surface area contributed by atoms with Gasteiger partial charge in [-0.3, -0.25) is 19.2 Å². The normalized spacial score (nSPS) is 14.1. The highest BCUT2D eigenvalue weighted by molar-refractivity contribution is 7.80. The zero-order valence-electron chi connectivity index (χ0n) is 21.5. The van der Waals surface area contributed by atoms with Crippen molar-refractivity contribution in [2.24, 2.45) is 17.2 Å². The van der Waals surface area contributed by atoms with E-state index in [0.717, 1.165) is 16.5 Å².